The predicted octanol–water partition coefficient (Wildman–Crippen LogP) is 2.83. The third kappa shape index (κ3) is 5.74. The second kappa shape index (κ2) is 9.98. The molecule has 1 aliphatic heterocycles. The van der Waals surface area contributed by atoms with Gasteiger partial charge in [0.2, 0.25) is 11.8 Å². The second-order valence-electron chi connectivity index (χ2n) is 6.64. The summed E-state index contributed by atoms with van der Waals surface area (Å²) >= 11 is 6.05. The Morgan fingerprint density at radius 1 is 1.10 bits per heavy atom. The average molecular weight is 414 g/mol. The Morgan fingerprint density at radius 2 is 1.86 bits per heavy atom. The van der Waals surface area contributed by atoms with Crippen molar-refractivity contribution in [3.63, 3.8) is 0 Å². The molecule has 3 rings (SSSR count). The van der Waals surface area contributed by atoms with Crippen LogP contribution >= 0.6 is 11.6 Å². The number of nitrogens with one attached hydrogen (secondary N) is 1. The molecule has 0 unspecified atom stereocenters. The van der Waals surface area contributed by atoms with Crippen molar-refractivity contribution in [2.75, 3.05) is 44.7 Å². The van der Waals surface area contributed by atoms with Crippen molar-refractivity contribution in [1.29, 1.82) is 0 Å². The number of hydrogen-bond acceptors (Lipinski definition) is 4. The highest BCUT2D eigenvalue weighted by Gasteiger charge is 2.21. The fraction of sp³-hybridized carbons (Fsp3) is 0.273. The molecule has 2 aromatic carbocycles. The summed E-state index contributed by atoms with van der Waals surface area (Å²) in [5.41, 5.74) is 1.85. The zero-order valence-electron chi connectivity index (χ0n) is 16.3. The summed E-state index contributed by atoms with van der Waals surface area (Å²) in [5, 5.41) is 3.35. The molecule has 1 aliphatic rings. The number of nitrogens with zero attached hydrogens (tertiary/aromatic N) is 2. The van der Waals surface area contributed by atoms with Gasteiger partial charge < -0.3 is 19.9 Å². The first-order valence-electron chi connectivity index (χ1n) is 9.44. The molecule has 0 atom stereocenters. The van der Waals surface area contributed by atoms with Crippen LogP contribution < -0.4 is 15.0 Å². The zero-order valence-corrected chi connectivity index (χ0v) is 17.1. The number of piperazine rings is 1. The largest absolute Gasteiger partial charge is 0.496 e. The first kappa shape index (κ1) is 20.7. The Labute approximate surface area is 175 Å². The molecule has 0 radical (unpaired) electrons. The van der Waals surface area contributed by atoms with Crippen LogP contribution in [0.2, 0.25) is 5.02 Å². The van der Waals surface area contributed by atoms with Gasteiger partial charge >= 0.3 is 0 Å². The molecule has 29 heavy (non-hydrogen) atoms. The number of halogens is 1. The van der Waals surface area contributed by atoms with Crippen molar-refractivity contribution in [3.8, 4) is 5.75 Å². The SMILES string of the molecule is COc1ccccc1/C=C/C(=O)NCC(=O)N1CCN(c2cccc(Cl)c2)CC1. The van der Waals surface area contributed by atoms with Crippen molar-refractivity contribution < 1.29 is 14.3 Å². The lowest BCUT2D eigenvalue weighted by Crippen LogP contribution is -2.51. The topological polar surface area (TPSA) is 61.9 Å². The van der Waals surface area contributed by atoms with E-state index in [1.807, 2.05) is 48.5 Å². The number of rotatable bonds is 6. The summed E-state index contributed by atoms with van der Waals surface area (Å²) < 4.78 is 5.25. The van der Waals surface area contributed by atoms with Crippen molar-refractivity contribution in [2.24, 2.45) is 0 Å². The van der Waals surface area contributed by atoms with Gasteiger partial charge in [-0.3, -0.25) is 9.59 Å². The van der Waals surface area contributed by atoms with E-state index in [1.165, 1.54) is 6.08 Å². The minimum absolute atomic E-state index is 0.0216. The maximum atomic E-state index is 12.4. The highest BCUT2D eigenvalue weighted by Crippen LogP contribution is 2.21. The Balaban J connectivity index is 1.45. The molecule has 0 aromatic heterocycles. The van der Waals surface area contributed by atoms with Crippen LogP contribution in [-0.2, 0) is 9.59 Å². The van der Waals surface area contributed by atoms with Crippen LogP contribution in [0.4, 0.5) is 5.69 Å². The Hall–Kier alpha value is -2.99. The Kier molecular flexibility index (Phi) is 7.14. The molecule has 1 saturated heterocycles. The van der Waals surface area contributed by atoms with Gasteiger partial charge in [0.1, 0.15) is 5.75 Å². The number of hydrogen-bond donors (Lipinski definition) is 1. The molecule has 1 N–H and O–H groups in total. The van der Waals surface area contributed by atoms with Crippen molar-refractivity contribution in [1.82, 2.24) is 10.2 Å². The fourth-order valence-electron chi connectivity index (χ4n) is 3.19. The minimum Gasteiger partial charge on any atom is -0.496 e. The van der Waals surface area contributed by atoms with Crippen LogP contribution in [0, 0.1) is 0 Å². The van der Waals surface area contributed by atoms with E-state index in [4.69, 9.17) is 16.3 Å². The standard InChI is InChI=1S/C22H24ClN3O3/c1-29-20-8-3-2-5-17(20)9-10-21(27)24-16-22(28)26-13-11-25(12-14-26)19-7-4-6-18(23)15-19/h2-10,15H,11-14,16H2,1H3,(H,24,27)/b10-9+. The van der Waals surface area contributed by atoms with Gasteiger partial charge in [0.25, 0.3) is 0 Å². The van der Waals surface area contributed by atoms with Gasteiger partial charge in [-0.05, 0) is 30.3 Å². The van der Waals surface area contributed by atoms with Crippen LogP contribution in [0.15, 0.2) is 54.6 Å². The number of benzene rings is 2. The van der Waals surface area contributed by atoms with E-state index < -0.39 is 0 Å². The molecule has 2 aromatic rings. The van der Waals surface area contributed by atoms with Crippen molar-refractivity contribution in [2.45, 2.75) is 0 Å². The third-order valence-corrected chi connectivity index (χ3v) is 5.01. The molecular weight excluding hydrogens is 390 g/mol. The van der Waals surface area contributed by atoms with E-state index >= 15 is 0 Å². The minimum atomic E-state index is -0.318. The number of anilines is 1. The van der Waals surface area contributed by atoms with Gasteiger partial charge in [0.15, 0.2) is 0 Å². The number of amides is 2. The normalized spacial score (nSPS) is 14.1. The van der Waals surface area contributed by atoms with E-state index in [2.05, 4.69) is 10.2 Å². The van der Waals surface area contributed by atoms with Gasteiger partial charge in [-0.1, -0.05) is 35.9 Å². The summed E-state index contributed by atoms with van der Waals surface area (Å²) in [4.78, 5) is 28.4. The molecule has 152 valence electrons. The maximum Gasteiger partial charge on any atom is 0.244 e. The lowest BCUT2D eigenvalue weighted by molar-refractivity contribution is -0.132. The summed E-state index contributed by atoms with van der Waals surface area (Å²) in [7, 11) is 1.58. The number of carbonyl (C=O) groups is 2. The Morgan fingerprint density at radius 3 is 2.59 bits per heavy atom. The molecule has 0 saturated carbocycles. The Bertz CT molecular complexity index is 892. The van der Waals surface area contributed by atoms with Crippen molar-refractivity contribution >= 4 is 35.2 Å². The molecule has 0 spiro atoms. The summed E-state index contributed by atoms with van der Waals surface area (Å²) in [5.74, 6) is 0.279. The lowest BCUT2D eigenvalue weighted by atomic mass is 10.2. The molecule has 0 bridgehead atoms. The highest BCUT2D eigenvalue weighted by molar-refractivity contribution is 6.30. The van der Waals surface area contributed by atoms with Crippen LogP contribution in [0.1, 0.15) is 5.56 Å². The monoisotopic (exact) mass is 413 g/mol. The number of para-hydroxylation sites is 1. The van der Waals surface area contributed by atoms with Crippen LogP contribution in [-0.4, -0.2) is 56.5 Å². The van der Waals surface area contributed by atoms with Gasteiger partial charge in [0, 0.05) is 48.5 Å². The van der Waals surface area contributed by atoms with E-state index in [0.29, 0.717) is 23.9 Å². The summed E-state index contributed by atoms with van der Waals surface area (Å²) in [6.45, 7) is 2.66. The molecular formula is C22H24ClN3O3. The first-order chi connectivity index (χ1) is 14.1. The quantitative estimate of drug-likeness (QED) is 0.740. The smallest absolute Gasteiger partial charge is 0.244 e. The van der Waals surface area contributed by atoms with Crippen LogP contribution in [0.5, 0.6) is 5.75 Å². The van der Waals surface area contributed by atoms with E-state index in [-0.39, 0.29) is 18.4 Å². The molecule has 0 aliphatic carbocycles. The highest BCUT2D eigenvalue weighted by atomic mass is 35.5. The third-order valence-electron chi connectivity index (χ3n) is 4.77. The molecule has 7 heteroatoms. The summed E-state index contributed by atoms with van der Waals surface area (Å²) in [6, 6.07) is 15.1. The fourth-order valence-corrected chi connectivity index (χ4v) is 3.37. The predicted molar refractivity (Wildman–Crippen MR) is 115 cm³/mol. The summed E-state index contributed by atoms with van der Waals surface area (Å²) in [6.07, 6.45) is 3.07. The van der Waals surface area contributed by atoms with Gasteiger partial charge in [-0.25, -0.2) is 0 Å². The van der Waals surface area contributed by atoms with E-state index in [9.17, 15) is 9.59 Å². The molecule has 6 nitrogen and oxygen atoms in total. The molecule has 2 amide bonds. The number of carbonyl (C=O) groups excluding carboxylic acids is 2. The zero-order chi connectivity index (χ0) is 20.6. The van der Waals surface area contributed by atoms with Crippen LogP contribution in [0.25, 0.3) is 6.08 Å². The second-order valence-corrected chi connectivity index (χ2v) is 7.08. The number of methoxy groups -OCH3 is 1. The van der Waals surface area contributed by atoms with E-state index in [0.717, 1.165) is 24.3 Å². The van der Waals surface area contributed by atoms with Crippen LogP contribution in [0.3, 0.4) is 0 Å². The molecule has 1 fully saturated rings. The first-order valence-corrected chi connectivity index (χ1v) is 9.82. The van der Waals surface area contributed by atoms with Crippen molar-refractivity contribution in [3.05, 3.63) is 65.2 Å². The van der Waals surface area contributed by atoms with Gasteiger partial charge in [-0.2, -0.15) is 0 Å². The van der Waals surface area contributed by atoms with Gasteiger partial charge in [0.05, 0.1) is 13.7 Å². The molecule has 1 heterocycles. The van der Waals surface area contributed by atoms with E-state index in [1.54, 1.807) is 18.1 Å². The average Bonchev–Trinajstić information content (AvgIpc) is 2.76. The maximum absolute atomic E-state index is 12.4. The van der Waals surface area contributed by atoms with Gasteiger partial charge in [-0.15, -0.1) is 0 Å². The number of ether oxygens (including phenoxy) is 1. The lowest BCUT2D eigenvalue weighted by Gasteiger charge is -2.36.